The van der Waals surface area contributed by atoms with Crippen molar-refractivity contribution >= 4 is 0 Å². The summed E-state index contributed by atoms with van der Waals surface area (Å²) >= 11 is 0. The Labute approximate surface area is 148 Å². The van der Waals surface area contributed by atoms with Gasteiger partial charge in [-0.25, -0.2) is 0 Å². The molecule has 0 spiro atoms. The van der Waals surface area contributed by atoms with Crippen LogP contribution in [0.4, 0.5) is 0 Å². The summed E-state index contributed by atoms with van der Waals surface area (Å²) in [6, 6.07) is 27.5. The maximum absolute atomic E-state index is 5.51. The van der Waals surface area contributed by atoms with Crippen molar-refractivity contribution in [1.29, 1.82) is 0 Å². The minimum atomic E-state index is 0.238. The summed E-state index contributed by atoms with van der Waals surface area (Å²) in [5.41, 5.74) is 3.81. The Morgan fingerprint density at radius 2 is 1.48 bits per heavy atom. The number of benzene rings is 3. The Bertz CT molecular complexity index is 818. The van der Waals surface area contributed by atoms with Gasteiger partial charge < -0.3 is 14.8 Å². The summed E-state index contributed by atoms with van der Waals surface area (Å²) in [5.74, 6) is 1.67. The highest BCUT2D eigenvalue weighted by Crippen LogP contribution is 2.33. The molecule has 1 unspecified atom stereocenters. The van der Waals surface area contributed by atoms with Gasteiger partial charge >= 0.3 is 0 Å². The van der Waals surface area contributed by atoms with Crippen molar-refractivity contribution in [1.82, 2.24) is 5.32 Å². The normalized spacial score (nSPS) is 13.6. The molecule has 3 heteroatoms. The van der Waals surface area contributed by atoms with E-state index < -0.39 is 0 Å². The molecule has 3 aromatic rings. The predicted molar refractivity (Wildman–Crippen MR) is 98.7 cm³/mol. The number of rotatable bonds is 6. The lowest BCUT2D eigenvalue weighted by atomic mass is 9.98. The fourth-order valence-electron chi connectivity index (χ4n) is 3.13. The molecule has 0 saturated heterocycles. The van der Waals surface area contributed by atoms with Crippen molar-refractivity contribution in [3.8, 4) is 11.5 Å². The average Bonchev–Trinajstić information content (AvgIpc) is 3.14. The van der Waals surface area contributed by atoms with E-state index >= 15 is 0 Å². The minimum Gasteiger partial charge on any atom is -0.454 e. The van der Waals surface area contributed by atoms with Crippen LogP contribution in [0.3, 0.4) is 0 Å². The minimum absolute atomic E-state index is 0.238. The molecule has 0 fully saturated rings. The summed E-state index contributed by atoms with van der Waals surface area (Å²) in [4.78, 5) is 0. The molecule has 1 aliphatic heterocycles. The van der Waals surface area contributed by atoms with Gasteiger partial charge in [0.05, 0.1) is 0 Å². The van der Waals surface area contributed by atoms with Crippen molar-refractivity contribution in [2.75, 3.05) is 6.79 Å². The highest BCUT2D eigenvalue weighted by molar-refractivity contribution is 5.45. The van der Waals surface area contributed by atoms with Crippen LogP contribution in [0, 0.1) is 0 Å². The maximum Gasteiger partial charge on any atom is 0.231 e. The zero-order chi connectivity index (χ0) is 16.9. The van der Waals surface area contributed by atoms with Crippen LogP contribution in [0.15, 0.2) is 78.9 Å². The van der Waals surface area contributed by atoms with Crippen LogP contribution in [0.5, 0.6) is 11.5 Å². The summed E-state index contributed by atoms with van der Waals surface area (Å²) in [6.07, 6.45) is 0.896. The number of ether oxygens (including phenoxy) is 2. The zero-order valence-electron chi connectivity index (χ0n) is 14.0. The Kier molecular flexibility index (Phi) is 4.66. The Balaban J connectivity index is 1.53. The average molecular weight is 331 g/mol. The Morgan fingerprint density at radius 3 is 2.28 bits per heavy atom. The predicted octanol–water partition coefficient (Wildman–Crippen LogP) is 4.49. The lowest BCUT2D eigenvalue weighted by Gasteiger charge is -2.20. The number of hydrogen-bond acceptors (Lipinski definition) is 3. The first-order valence-corrected chi connectivity index (χ1v) is 8.59. The molecule has 1 aliphatic rings. The van der Waals surface area contributed by atoms with Gasteiger partial charge in [-0.15, -0.1) is 0 Å². The fraction of sp³-hybridized carbons (Fsp3) is 0.182. The molecule has 1 N–H and O–H groups in total. The second-order valence-electron chi connectivity index (χ2n) is 6.22. The molecule has 0 bridgehead atoms. The van der Waals surface area contributed by atoms with E-state index in [9.17, 15) is 0 Å². The molecule has 0 saturated carbocycles. The van der Waals surface area contributed by atoms with Gasteiger partial charge in [-0.1, -0.05) is 66.7 Å². The van der Waals surface area contributed by atoms with Gasteiger partial charge in [0, 0.05) is 12.6 Å². The third kappa shape index (κ3) is 3.83. The Morgan fingerprint density at radius 1 is 0.760 bits per heavy atom. The quantitative estimate of drug-likeness (QED) is 0.722. The van der Waals surface area contributed by atoms with E-state index in [2.05, 4.69) is 72.0 Å². The lowest BCUT2D eigenvalue weighted by Crippen LogP contribution is -2.23. The molecule has 1 heterocycles. The van der Waals surface area contributed by atoms with Crippen molar-refractivity contribution in [3.63, 3.8) is 0 Å². The molecule has 3 nitrogen and oxygen atoms in total. The van der Waals surface area contributed by atoms with Crippen LogP contribution in [0.1, 0.15) is 22.7 Å². The van der Waals surface area contributed by atoms with E-state index in [1.54, 1.807) is 0 Å². The maximum atomic E-state index is 5.51. The highest BCUT2D eigenvalue weighted by atomic mass is 16.7. The van der Waals surface area contributed by atoms with E-state index in [0.29, 0.717) is 6.79 Å². The van der Waals surface area contributed by atoms with Crippen LogP contribution in [-0.2, 0) is 13.0 Å². The molecule has 126 valence electrons. The van der Waals surface area contributed by atoms with Gasteiger partial charge in [-0.3, -0.25) is 0 Å². The van der Waals surface area contributed by atoms with Crippen molar-refractivity contribution in [3.05, 3.63) is 95.6 Å². The van der Waals surface area contributed by atoms with Crippen molar-refractivity contribution in [2.24, 2.45) is 0 Å². The van der Waals surface area contributed by atoms with E-state index in [4.69, 9.17) is 9.47 Å². The molecule has 4 rings (SSSR count). The molecule has 3 aromatic carbocycles. The van der Waals surface area contributed by atoms with Gasteiger partial charge in [0.1, 0.15) is 0 Å². The fourth-order valence-corrected chi connectivity index (χ4v) is 3.13. The first kappa shape index (κ1) is 15.7. The molecule has 25 heavy (non-hydrogen) atoms. The molecule has 0 aromatic heterocycles. The second kappa shape index (κ2) is 7.41. The second-order valence-corrected chi connectivity index (χ2v) is 6.22. The SMILES string of the molecule is c1ccc(CNC(Cc2ccc3c(c2)OCO3)c2ccccc2)cc1. The van der Waals surface area contributed by atoms with Gasteiger partial charge in [0.25, 0.3) is 0 Å². The van der Waals surface area contributed by atoms with Gasteiger partial charge in [-0.05, 0) is 35.2 Å². The zero-order valence-corrected chi connectivity index (χ0v) is 14.0. The number of fused-ring (bicyclic) bond motifs is 1. The number of hydrogen-bond donors (Lipinski definition) is 1. The molecule has 1 atom stereocenters. The largest absolute Gasteiger partial charge is 0.454 e. The standard InChI is InChI=1S/C22H21NO2/c1-3-7-17(8-4-1)15-23-20(19-9-5-2-6-10-19)13-18-11-12-21-22(14-18)25-16-24-21/h1-12,14,20,23H,13,15-16H2. The first-order chi connectivity index (χ1) is 12.4. The topological polar surface area (TPSA) is 30.5 Å². The molecular weight excluding hydrogens is 310 g/mol. The van der Waals surface area contributed by atoms with E-state index in [-0.39, 0.29) is 6.04 Å². The smallest absolute Gasteiger partial charge is 0.231 e. The summed E-state index contributed by atoms with van der Waals surface area (Å²) < 4.78 is 10.9. The van der Waals surface area contributed by atoms with Crippen LogP contribution >= 0.6 is 0 Å². The van der Waals surface area contributed by atoms with Gasteiger partial charge in [-0.2, -0.15) is 0 Å². The van der Waals surface area contributed by atoms with E-state index in [1.165, 1.54) is 16.7 Å². The first-order valence-electron chi connectivity index (χ1n) is 8.59. The summed E-state index contributed by atoms with van der Waals surface area (Å²) in [7, 11) is 0. The van der Waals surface area contributed by atoms with Crippen LogP contribution in [-0.4, -0.2) is 6.79 Å². The number of nitrogens with one attached hydrogen (secondary N) is 1. The summed E-state index contributed by atoms with van der Waals surface area (Å²) in [5, 5.41) is 3.70. The van der Waals surface area contributed by atoms with Crippen molar-refractivity contribution in [2.45, 2.75) is 19.0 Å². The van der Waals surface area contributed by atoms with Gasteiger partial charge in [0.15, 0.2) is 11.5 Å². The molecule has 0 aliphatic carbocycles. The molecule has 0 radical (unpaired) electrons. The van der Waals surface area contributed by atoms with Crippen LogP contribution in [0.2, 0.25) is 0 Å². The molecular formula is C22H21NO2. The third-order valence-electron chi connectivity index (χ3n) is 4.47. The summed E-state index contributed by atoms with van der Waals surface area (Å²) in [6.45, 7) is 1.15. The van der Waals surface area contributed by atoms with E-state index in [1.807, 2.05) is 12.1 Å². The van der Waals surface area contributed by atoms with Crippen LogP contribution < -0.4 is 14.8 Å². The highest BCUT2D eigenvalue weighted by Gasteiger charge is 2.16. The molecule has 0 amide bonds. The lowest BCUT2D eigenvalue weighted by molar-refractivity contribution is 0.174. The van der Waals surface area contributed by atoms with E-state index in [0.717, 1.165) is 24.5 Å². The van der Waals surface area contributed by atoms with Crippen LogP contribution in [0.25, 0.3) is 0 Å². The Hall–Kier alpha value is -2.78. The third-order valence-corrected chi connectivity index (χ3v) is 4.47. The monoisotopic (exact) mass is 331 g/mol. The van der Waals surface area contributed by atoms with Gasteiger partial charge in [0.2, 0.25) is 6.79 Å². The van der Waals surface area contributed by atoms with Crippen molar-refractivity contribution < 1.29 is 9.47 Å².